The molecule has 29 heavy (non-hydrogen) atoms. The van der Waals surface area contributed by atoms with E-state index in [-0.39, 0.29) is 21.1 Å². The number of rotatable bonds is 5. The Morgan fingerprint density at radius 2 is 1.66 bits per heavy atom. The number of amides is 1. The molecule has 0 aromatic heterocycles. The number of ether oxygens (including phenoxy) is 1. The molecular formula is C20H15NO6S2. The zero-order valence-corrected chi connectivity index (χ0v) is 17.0. The molecule has 0 saturated carbocycles. The first kappa shape index (κ1) is 20.6. The van der Waals surface area contributed by atoms with E-state index < -0.39 is 17.8 Å². The lowest BCUT2D eigenvalue weighted by atomic mass is 10.1. The summed E-state index contributed by atoms with van der Waals surface area (Å²) in [5.74, 6) is -2.41. The Labute approximate surface area is 175 Å². The van der Waals surface area contributed by atoms with Crippen molar-refractivity contribution in [3.05, 3.63) is 64.1 Å². The molecule has 0 atom stereocenters. The molecule has 1 heterocycles. The number of aromatic carboxylic acids is 2. The topological polar surface area (TPSA) is 104 Å². The SMILES string of the molecule is COc1cccc(/C(C)=C2\SC(=S)N(c3cc(C(=O)O)cc(C(=O)O)c3)C2=O)c1. The van der Waals surface area contributed by atoms with Gasteiger partial charge in [0.25, 0.3) is 5.91 Å². The number of thioether (sulfide) groups is 1. The molecule has 1 aliphatic rings. The van der Waals surface area contributed by atoms with Crippen LogP contribution in [0.15, 0.2) is 47.4 Å². The van der Waals surface area contributed by atoms with Gasteiger partial charge in [-0.25, -0.2) is 9.59 Å². The van der Waals surface area contributed by atoms with E-state index in [9.17, 15) is 24.6 Å². The molecule has 1 saturated heterocycles. The number of thiocarbonyl (C=S) groups is 1. The largest absolute Gasteiger partial charge is 0.497 e. The summed E-state index contributed by atoms with van der Waals surface area (Å²) in [5.41, 5.74) is 1.05. The molecule has 7 nitrogen and oxygen atoms in total. The van der Waals surface area contributed by atoms with Gasteiger partial charge in [0, 0.05) is 0 Å². The summed E-state index contributed by atoms with van der Waals surface area (Å²) in [5, 5.41) is 18.5. The average molecular weight is 429 g/mol. The molecule has 2 aromatic rings. The smallest absolute Gasteiger partial charge is 0.335 e. The van der Waals surface area contributed by atoms with E-state index in [1.54, 1.807) is 32.2 Å². The first-order valence-electron chi connectivity index (χ1n) is 8.26. The quantitative estimate of drug-likeness (QED) is 0.545. The summed E-state index contributed by atoms with van der Waals surface area (Å²) < 4.78 is 5.40. The zero-order chi connectivity index (χ0) is 21.3. The number of allylic oxidation sites excluding steroid dienone is 1. The number of carboxylic acid groups (broad SMARTS) is 2. The highest BCUT2D eigenvalue weighted by Gasteiger charge is 2.35. The van der Waals surface area contributed by atoms with Crippen molar-refractivity contribution in [2.45, 2.75) is 6.92 Å². The Balaban J connectivity index is 2.07. The van der Waals surface area contributed by atoms with Crippen molar-refractivity contribution in [1.82, 2.24) is 0 Å². The molecule has 0 bridgehead atoms. The molecular weight excluding hydrogens is 414 g/mol. The maximum Gasteiger partial charge on any atom is 0.335 e. The van der Waals surface area contributed by atoms with Crippen LogP contribution >= 0.6 is 24.0 Å². The Kier molecular flexibility index (Phi) is 5.71. The highest BCUT2D eigenvalue weighted by molar-refractivity contribution is 8.27. The van der Waals surface area contributed by atoms with Crippen LogP contribution in [0.25, 0.3) is 5.57 Å². The number of anilines is 1. The molecule has 148 valence electrons. The zero-order valence-electron chi connectivity index (χ0n) is 15.3. The number of carboxylic acids is 2. The average Bonchev–Trinajstić information content (AvgIpc) is 3.00. The summed E-state index contributed by atoms with van der Waals surface area (Å²) in [7, 11) is 1.55. The molecule has 0 radical (unpaired) electrons. The lowest BCUT2D eigenvalue weighted by molar-refractivity contribution is -0.113. The fourth-order valence-electron chi connectivity index (χ4n) is 2.80. The van der Waals surface area contributed by atoms with E-state index in [0.717, 1.165) is 28.3 Å². The number of benzene rings is 2. The first-order chi connectivity index (χ1) is 13.7. The minimum absolute atomic E-state index is 0.0956. The van der Waals surface area contributed by atoms with Crippen molar-refractivity contribution in [1.29, 1.82) is 0 Å². The number of nitrogens with zero attached hydrogens (tertiary/aromatic N) is 1. The van der Waals surface area contributed by atoms with Gasteiger partial charge in [0.05, 0.1) is 28.8 Å². The standard InChI is InChI=1S/C20H15NO6S2/c1-10(11-4-3-5-15(9-11)27-2)16-17(22)21(20(28)29-16)14-7-12(18(23)24)6-13(8-14)19(25)26/h3-9H,1-2H3,(H,23,24)(H,25,26)/b16-10-. The van der Waals surface area contributed by atoms with Crippen molar-refractivity contribution >= 4 is 57.4 Å². The van der Waals surface area contributed by atoms with Crippen molar-refractivity contribution in [3.8, 4) is 5.75 Å². The molecule has 0 aliphatic carbocycles. The number of carbonyl (C=O) groups excluding carboxylic acids is 1. The Hall–Kier alpha value is -3.17. The van der Waals surface area contributed by atoms with Gasteiger partial charge in [-0.2, -0.15) is 0 Å². The number of hydrogen-bond acceptors (Lipinski definition) is 6. The Bertz CT molecular complexity index is 1060. The molecule has 9 heteroatoms. The minimum Gasteiger partial charge on any atom is -0.497 e. The Morgan fingerprint density at radius 3 is 2.21 bits per heavy atom. The molecule has 2 aromatic carbocycles. The van der Waals surface area contributed by atoms with Crippen LogP contribution in [0.3, 0.4) is 0 Å². The van der Waals surface area contributed by atoms with Gasteiger partial charge in [0.2, 0.25) is 0 Å². The van der Waals surface area contributed by atoms with Crippen LogP contribution in [0, 0.1) is 0 Å². The van der Waals surface area contributed by atoms with E-state index in [4.69, 9.17) is 17.0 Å². The number of hydrogen-bond donors (Lipinski definition) is 2. The molecule has 0 unspecified atom stereocenters. The predicted octanol–water partition coefficient (Wildman–Crippen LogP) is 3.89. The minimum atomic E-state index is -1.30. The van der Waals surface area contributed by atoms with Crippen LogP contribution in [0.2, 0.25) is 0 Å². The molecule has 3 rings (SSSR count). The fourth-order valence-corrected chi connectivity index (χ4v) is 4.14. The third kappa shape index (κ3) is 4.01. The van der Waals surface area contributed by atoms with Crippen LogP contribution in [-0.4, -0.2) is 39.5 Å². The lowest BCUT2D eigenvalue weighted by Crippen LogP contribution is -2.28. The van der Waals surface area contributed by atoms with Gasteiger partial charge in [-0.3, -0.25) is 9.69 Å². The van der Waals surface area contributed by atoms with E-state index in [2.05, 4.69) is 0 Å². The van der Waals surface area contributed by atoms with Crippen molar-refractivity contribution in [3.63, 3.8) is 0 Å². The van der Waals surface area contributed by atoms with Crippen LogP contribution in [0.5, 0.6) is 5.75 Å². The van der Waals surface area contributed by atoms with E-state index in [1.807, 2.05) is 6.07 Å². The molecule has 1 aliphatic heterocycles. The summed E-state index contributed by atoms with van der Waals surface area (Å²) in [4.78, 5) is 37.3. The van der Waals surface area contributed by atoms with Gasteiger partial charge < -0.3 is 14.9 Å². The van der Waals surface area contributed by atoms with Crippen molar-refractivity contribution in [2.24, 2.45) is 0 Å². The van der Waals surface area contributed by atoms with Gasteiger partial charge in [0.1, 0.15) is 5.75 Å². The van der Waals surface area contributed by atoms with Gasteiger partial charge >= 0.3 is 11.9 Å². The van der Waals surface area contributed by atoms with E-state index >= 15 is 0 Å². The highest BCUT2D eigenvalue weighted by atomic mass is 32.2. The van der Waals surface area contributed by atoms with Crippen molar-refractivity contribution in [2.75, 3.05) is 12.0 Å². The number of carbonyl (C=O) groups is 3. The molecule has 2 N–H and O–H groups in total. The summed E-state index contributed by atoms with van der Waals surface area (Å²) in [6.07, 6.45) is 0. The second-order valence-corrected chi connectivity index (χ2v) is 7.72. The van der Waals surface area contributed by atoms with E-state index in [0.29, 0.717) is 16.2 Å². The monoisotopic (exact) mass is 429 g/mol. The second-order valence-electron chi connectivity index (χ2n) is 6.07. The third-order valence-electron chi connectivity index (χ3n) is 4.28. The normalized spacial score (nSPS) is 15.4. The van der Waals surface area contributed by atoms with Crippen LogP contribution < -0.4 is 9.64 Å². The van der Waals surface area contributed by atoms with Crippen molar-refractivity contribution < 1.29 is 29.3 Å². The second kappa shape index (κ2) is 8.06. The molecule has 0 spiro atoms. The van der Waals surface area contributed by atoms with E-state index in [1.165, 1.54) is 12.1 Å². The maximum absolute atomic E-state index is 13.1. The molecule has 1 fully saturated rings. The Morgan fingerprint density at radius 1 is 1.03 bits per heavy atom. The van der Waals surface area contributed by atoms with Crippen LogP contribution in [-0.2, 0) is 4.79 Å². The number of methoxy groups -OCH3 is 1. The molecule has 1 amide bonds. The van der Waals surface area contributed by atoms with Gasteiger partial charge in [0.15, 0.2) is 4.32 Å². The fraction of sp³-hybridized carbons (Fsp3) is 0.100. The van der Waals surface area contributed by atoms with Gasteiger partial charge in [-0.05, 0) is 48.4 Å². The van der Waals surface area contributed by atoms with Crippen LogP contribution in [0.1, 0.15) is 33.2 Å². The van der Waals surface area contributed by atoms with Gasteiger partial charge in [-0.1, -0.05) is 36.1 Å². The van der Waals surface area contributed by atoms with Gasteiger partial charge in [-0.15, -0.1) is 0 Å². The predicted molar refractivity (Wildman–Crippen MR) is 114 cm³/mol. The summed E-state index contributed by atoms with van der Waals surface area (Å²) in [6.45, 7) is 1.78. The lowest BCUT2D eigenvalue weighted by Gasteiger charge is -2.16. The summed E-state index contributed by atoms with van der Waals surface area (Å²) >= 11 is 6.40. The highest BCUT2D eigenvalue weighted by Crippen LogP contribution is 2.40. The first-order valence-corrected chi connectivity index (χ1v) is 9.48. The summed E-state index contributed by atoms with van der Waals surface area (Å²) in [6, 6.07) is 10.7. The maximum atomic E-state index is 13.1. The third-order valence-corrected chi connectivity index (χ3v) is 5.76. The van der Waals surface area contributed by atoms with Crippen LogP contribution in [0.4, 0.5) is 5.69 Å².